The minimum atomic E-state index is -4.70. The molecule has 0 bridgehead atoms. The number of methoxy groups -OCH3 is 1. The average molecular weight is 539 g/mol. The third kappa shape index (κ3) is 4.72. The Morgan fingerprint density at radius 2 is 1.73 bits per heavy atom. The molecule has 1 unspecified atom stereocenters. The first kappa shape index (κ1) is 26.0. The molecule has 37 heavy (non-hydrogen) atoms. The van der Waals surface area contributed by atoms with Crippen molar-refractivity contribution in [2.24, 2.45) is 0 Å². The Balaban J connectivity index is 1.80. The number of esters is 2. The number of hydrogen-bond acceptors (Lipinski definition) is 12. The van der Waals surface area contributed by atoms with Crippen molar-refractivity contribution in [1.29, 1.82) is 5.41 Å². The number of imidazole rings is 1. The number of rotatable bonds is 7. The van der Waals surface area contributed by atoms with Crippen molar-refractivity contribution in [3.05, 3.63) is 42.4 Å². The molecule has 4 rings (SSSR count). The van der Waals surface area contributed by atoms with Crippen molar-refractivity contribution in [3.8, 4) is 5.75 Å². The average Bonchev–Trinajstić information content (AvgIpc) is 3.42. The van der Waals surface area contributed by atoms with Gasteiger partial charge >= 0.3 is 11.9 Å². The zero-order valence-electron chi connectivity index (χ0n) is 19.6. The number of halogens is 1. The first-order valence-electron chi connectivity index (χ1n) is 10.7. The number of sulfone groups is 1. The van der Waals surface area contributed by atoms with Crippen LogP contribution in [0.5, 0.6) is 5.75 Å². The Kier molecular flexibility index (Phi) is 6.88. The molecule has 2 N–H and O–H groups in total. The van der Waals surface area contributed by atoms with Crippen molar-refractivity contribution in [2.75, 3.05) is 7.11 Å². The highest BCUT2D eigenvalue weighted by molar-refractivity contribution is 7.92. The van der Waals surface area contributed by atoms with E-state index in [9.17, 15) is 23.2 Å². The van der Waals surface area contributed by atoms with Crippen LogP contribution >= 0.6 is 0 Å². The molecule has 1 fully saturated rings. The predicted molar refractivity (Wildman–Crippen MR) is 119 cm³/mol. The van der Waals surface area contributed by atoms with E-state index < -0.39 is 57.3 Å². The summed E-state index contributed by atoms with van der Waals surface area (Å²) in [6.45, 7) is 2.07. The van der Waals surface area contributed by atoms with Crippen molar-refractivity contribution in [2.45, 2.75) is 48.8 Å². The van der Waals surface area contributed by atoms with Crippen LogP contribution in [-0.2, 0) is 33.6 Å². The summed E-state index contributed by atoms with van der Waals surface area (Å²) < 4.78 is 64.9. The number of alkyl halides is 1. The predicted octanol–water partition coefficient (Wildman–Crippen LogP) is 0.488. The number of aromatic nitrogens is 4. The SMILES string of the molecule is COc1ccc(S(=O)(=O)C(F)[C@H]2O[C@@H](n3cnc4c(=N)n(O)cnc43)[C@H](OC(C)=O)[C@@H]2OC(C)=O)cc1. The lowest BCUT2D eigenvalue weighted by Gasteiger charge is -2.24. The maximum Gasteiger partial charge on any atom is 0.303 e. The molecular formula is C21H22FN5O9S. The molecule has 1 aliphatic heterocycles. The van der Waals surface area contributed by atoms with Gasteiger partial charge in [-0.2, -0.15) is 4.73 Å². The summed E-state index contributed by atoms with van der Waals surface area (Å²) in [5.41, 5.74) is -3.33. The maximum absolute atomic E-state index is 15.8. The van der Waals surface area contributed by atoms with Crippen LogP contribution in [0.1, 0.15) is 20.1 Å². The highest BCUT2D eigenvalue weighted by atomic mass is 32.2. The molecule has 0 saturated carbocycles. The van der Waals surface area contributed by atoms with E-state index in [4.69, 9.17) is 24.4 Å². The zero-order chi connectivity index (χ0) is 27.1. The molecule has 0 spiro atoms. The van der Waals surface area contributed by atoms with Crippen LogP contribution in [0.15, 0.2) is 41.8 Å². The molecule has 5 atom stereocenters. The van der Waals surface area contributed by atoms with Crippen molar-refractivity contribution in [3.63, 3.8) is 0 Å². The third-order valence-corrected chi connectivity index (χ3v) is 7.35. The van der Waals surface area contributed by atoms with Gasteiger partial charge in [0.15, 0.2) is 35.1 Å². The summed E-state index contributed by atoms with van der Waals surface area (Å²) in [6, 6.07) is 4.95. The molecule has 14 nitrogen and oxygen atoms in total. The van der Waals surface area contributed by atoms with Crippen molar-refractivity contribution >= 4 is 32.9 Å². The molecular weight excluding hydrogens is 517 g/mol. The van der Waals surface area contributed by atoms with E-state index in [0.717, 1.165) is 43.2 Å². The molecule has 3 heterocycles. The van der Waals surface area contributed by atoms with E-state index in [1.807, 2.05) is 0 Å². The molecule has 3 aromatic rings. The Morgan fingerprint density at radius 3 is 2.32 bits per heavy atom. The highest BCUT2D eigenvalue weighted by Gasteiger charge is 2.56. The maximum atomic E-state index is 15.8. The summed E-state index contributed by atoms with van der Waals surface area (Å²) in [5, 5.41) is 17.6. The number of carbonyl (C=O) groups excluding carboxylic acids is 2. The molecule has 0 radical (unpaired) electrons. The number of fused-ring (bicyclic) bond motifs is 1. The molecule has 1 aliphatic rings. The first-order valence-corrected chi connectivity index (χ1v) is 12.2. The van der Waals surface area contributed by atoms with Gasteiger partial charge in [0.1, 0.15) is 18.2 Å². The minimum Gasteiger partial charge on any atom is -0.497 e. The van der Waals surface area contributed by atoms with Crippen molar-refractivity contribution < 1.29 is 46.6 Å². The lowest BCUT2D eigenvalue weighted by molar-refractivity contribution is -0.165. The lowest BCUT2D eigenvalue weighted by atomic mass is 10.1. The third-order valence-electron chi connectivity index (χ3n) is 5.56. The highest BCUT2D eigenvalue weighted by Crippen LogP contribution is 2.39. The van der Waals surface area contributed by atoms with Gasteiger partial charge in [0.25, 0.3) is 0 Å². The van der Waals surface area contributed by atoms with Gasteiger partial charge in [0.2, 0.25) is 15.3 Å². The van der Waals surface area contributed by atoms with E-state index in [1.165, 1.54) is 19.2 Å². The Labute approximate surface area is 208 Å². The van der Waals surface area contributed by atoms with E-state index in [-0.39, 0.29) is 16.1 Å². The van der Waals surface area contributed by atoms with Gasteiger partial charge in [0, 0.05) is 13.8 Å². The topological polar surface area (TPSA) is 185 Å². The van der Waals surface area contributed by atoms with Gasteiger partial charge in [-0.1, -0.05) is 0 Å². The second kappa shape index (κ2) is 9.78. The van der Waals surface area contributed by atoms with Crippen LogP contribution in [0.3, 0.4) is 0 Å². The number of nitrogens with one attached hydrogen (secondary N) is 1. The van der Waals surface area contributed by atoms with Crippen LogP contribution in [0.25, 0.3) is 11.2 Å². The number of carbonyl (C=O) groups is 2. The zero-order valence-corrected chi connectivity index (χ0v) is 20.5. The number of ether oxygens (including phenoxy) is 4. The standard InChI is InChI=1S/C21H22FN5O9S/c1-10(28)34-15-16(18(22)37(31,32)13-6-4-12(33-3)5-7-13)36-21(17(15)35-11(2)29)26-8-24-14-19(23)27(30)9-25-20(14)26/h4-9,15-18,21,23,30H,1-3H3/t15-,16+,17-,18?,21-/m1/s1. The summed E-state index contributed by atoms with van der Waals surface area (Å²) in [7, 11) is -3.32. The number of benzene rings is 1. The summed E-state index contributed by atoms with van der Waals surface area (Å²) >= 11 is 0. The van der Waals surface area contributed by atoms with Crippen LogP contribution in [0, 0.1) is 5.41 Å². The Bertz CT molecular complexity index is 1500. The second-order valence-electron chi connectivity index (χ2n) is 7.97. The molecule has 0 aliphatic carbocycles. The van der Waals surface area contributed by atoms with Gasteiger partial charge in [-0.25, -0.2) is 22.8 Å². The first-order chi connectivity index (χ1) is 17.4. The molecule has 2 aromatic heterocycles. The summed E-state index contributed by atoms with van der Waals surface area (Å²) in [6.07, 6.45) is -4.60. The van der Waals surface area contributed by atoms with E-state index in [2.05, 4.69) is 9.97 Å². The Morgan fingerprint density at radius 1 is 1.11 bits per heavy atom. The van der Waals surface area contributed by atoms with Crippen LogP contribution in [0.4, 0.5) is 4.39 Å². The molecule has 198 valence electrons. The molecule has 16 heteroatoms. The van der Waals surface area contributed by atoms with Crippen molar-refractivity contribution in [1.82, 2.24) is 19.3 Å². The molecule has 1 aromatic carbocycles. The summed E-state index contributed by atoms with van der Waals surface area (Å²) in [5.74, 6) is -1.41. The Hall–Kier alpha value is -4.05. The normalized spacial score (nSPS) is 22.5. The van der Waals surface area contributed by atoms with Gasteiger partial charge in [-0.05, 0) is 24.3 Å². The summed E-state index contributed by atoms with van der Waals surface area (Å²) in [4.78, 5) is 31.4. The van der Waals surface area contributed by atoms with Crippen LogP contribution < -0.4 is 10.2 Å². The molecule has 0 amide bonds. The van der Waals surface area contributed by atoms with E-state index >= 15 is 4.39 Å². The van der Waals surface area contributed by atoms with E-state index in [0.29, 0.717) is 10.5 Å². The van der Waals surface area contributed by atoms with E-state index in [1.54, 1.807) is 0 Å². The monoisotopic (exact) mass is 539 g/mol. The molecule has 1 saturated heterocycles. The number of nitrogens with zero attached hydrogens (tertiary/aromatic N) is 4. The fourth-order valence-electron chi connectivity index (χ4n) is 3.93. The van der Waals surface area contributed by atoms with Gasteiger partial charge in [-0.3, -0.25) is 19.6 Å². The lowest BCUT2D eigenvalue weighted by Crippen LogP contribution is -2.44. The fourth-order valence-corrected chi connectivity index (χ4v) is 5.27. The smallest absolute Gasteiger partial charge is 0.303 e. The van der Waals surface area contributed by atoms with Gasteiger partial charge in [-0.15, -0.1) is 0 Å². The quantitative estimate of drug-likeness (QED) is 0.314. The van der Waals surface area contributed by atoms with Crippen LogP contribution in [0.2, 0.25) is 0 Å². The van der Waals surface area contributed by atoms with Gasteiger partial charge in [0.05, 0.1) is 18.3 Å². The largest absolute Gasteiger partial charge is 0.497 e. The minimum absolute atomic E-state index is 0.0342. The number of hydrogen-bond donors (Lipinski definition) is 2. The fraction of sp³-hybridized carbons (Fsp3) is 0.381. The van der Waals surface area contributed by atoms with Crippen LogP contribution in [-0.4, -0.2) is 75.8 Å². The second-order valence-corrected chi connectivity index (χ2v) is 9.98. The van der Waals surface area contributed by atoms with Gasteiger partial charge < -0.3 is 24.2 Å².